The Morgan fingerprint density at radius 2 is 1.59 bits per heavy atom. The van der Waals surface area contributed by atoms with E-state index in [0.717, 1.165) is 5.56 Å². The van der Waals surface area contributed by atoms with Crippen LogP contribution >= 0.6 is 0 Å². The minimum Gasteiger partial charge on any atom is -0.508 e. The fourth-order valence-corrected chi connectivity index (χ4v) is 2.73. The molecule has 146 valence electrons. The van der Waals surface area contributed by atoms with Crippen LogP contribution in [0.2, 0.25) is 0 Å². The molecule has 0 radical (unpaired) electrons. The van der Waals surface area contributed by atoms with E-state index in [-0.39, 0.29) is 17.6 Å². The second kappa shape index (κ2) is 8.84. The average molecular weight is 387 g/mol. The van der Waals surface area contributed by atoms with Crippen LogP contribution in [-0.2, 0) is 0 Å². The van der Waals surface area contributed by atoms with Gasteiger partial charge in [0.1, 0.15) is 5.75 Å². The largest absolute Gasteiger partial charge is 0.508 e. The number of hydrogen-bond donors (Lipinski definition) is 3. The number of hydrazone groups is 1. The van der Waals surface area contributed by atoms with Crippen LogP contribution in [-0.4, -0.2) is 22.6 Å². The Hall–Kier alpha value is -3.93. The Labute approximate surface area is 168 Å². The number of carbonyl (C=O) groups excluding carboxylic acids is 2. The molecule has 3 N–H and O–H groups in total. The highest BCUT2D eigenvalue weighted by atomic mass is 16.3. The van der Waals surface area contributed by atoms with Crippen molar-refractivity contribution in [1.82, 2.24) is 5.43 Å². The number of phenols is 1. The smallest absolute Gasteiger partial charge is 0.271 e. The van der Waals surface area contributed by atoms with E-state index in [2.05, 4.69) is 15.8 Å². The third kappa shape index (κ3) is 5.07. The standard InChI is InChI=1S/C23H21N3O3/c1-15-6-3-4-9-21(15)23(29)24-19-12-10-17(11-13-19)22(28)26-25-16(2)18-7-5-8-20(27)14-18/h3-14,27H,1-2H3,(H,24,29)(H,26,28)/b25-16-. The van der Waals surface area contributed by atoms with Gasteiger partial charge in [-0.05, 0) is 61.9 Å². The monoisotopic (exact) mass is 387 g/mol. The lowest BCUT2D eigenvalue weighted by molar-refractivity contribution is 0.0954. The summed E-state index contributed by atoms with van der Waals surface area (Å²) in [6.07, 6.45) is 0. The number of nitrogens with zero attached hydrogens (tertiary/aromatic N) is 1. The van der Waals surface area contributed by atoms with Gasteiger partial charge >= 0.3 is 0 Å². The Morgan fingerprint density at radius 3 is 2.28 bits per heavy atom. The number of carbonyl (C=O) groups is 2. The summed E-state index contributed by atoms with van der Waals surface area (Å²) in [6.45, 7) is 3.61. The van der Waals surface area contributed by atoms with Gasteiger partial charge in [-0.3, -0.25) is 9.59 Å². The molecular weight excluding hydrogens is 366 g/mol. The highest BCUT2D eigenvalue weighted by Gasteiger charge is 2.10. The van der Waals surface area contributed by atoms with Gasteiger partial charge in [-0.25, -0.2) is 5.43 Å². The molecule has 0 unspecified atom stereocenters. The number of nitrogens with one attached hydrogen (secondary N) is 2. The third-order valence-corrected chi connectivity index (χ3v) is 4.38. The van der Waals surface area contributed by atoms with Crippen LogP contribution in [0, 0.1) is 6.92 Å². The van der Waals surface area contributed by atoms with Crippen LogP contribution in [0.5, 0.6) is 5.75 Å². The summed E-state index contributed by atoms with van der Waals surface area (Å²) in [5.74, 6) is -0.445. The quantitative estimate of drug-likeness (QED) is 0.455. The summed E-state index contributed by atoms with van der Waals surface area (Å²) in [7, 11) is 0. The lowest BCUT2D eigenvalue weighted by atomic mass is 10.1. The number of anilines is 1. The lowest BCUT2D eigenvalue weighted by Crippen LogP contribution is -2.19. The Bertz CT molecular complexity index is 1070. The fourth-order valence-electron chi connectivity index (χ4n) is 2.73. The van der Waals surface area contributed by atoms with Crippen molar-refractivity contribution in [3.05, 3.63) is 95.1 Å². The first-order chi connectivity index (χ1) is 13.9. The second-order valence-corrected chi connectivity index (χ2v) is 6.53. The van der Waals surface area contributed by atoms with E-state index in [1.807, 2.05) is 25.1 Å². The van der Waals surface area contributed by atoms with Gasteiger partial charge in [0, 0.05) is 22.4 Å². The summed E-state index contributed by atoms with van der Waals surface area (Å²) in [4.78, 5) is 24.7. The summed E-state index contributed by atoms with van der Waals surface area (Å²) in [6, 6.07) is 20.5. The lowest BCUT2D eigenvalue weighted by Gasteiger charge is -2.08. The van der Waals surface area contributed by atoms with Crippen molar-refractivity contribution in [2.24, 2.45) is 5.10 Å². The molecule has 0 aliphatic heterocycles. The minimum absolute atomic E-state index is 0.131. The van der Waals surface area contributed by atoms with Gasteiger partial charge in [-0.15, -0.1) is 0 Å². The number of aromatic hydroxyl groups is 1. The van der Waals surface area contributed by atoms with Crippen molar-refractivity contribution in [3.63, 3.8) is 0 Å². The molecule has 0 heterocycles. The number of rotatable bonds is 5. The predicted molar refractivity (Wildman–Crippen MR) is 113 cm³/mol. The van der Waals surface area contributed by atoms with Gasteiger partial charge in [0.05, 0.1) is 5.71 Å². The molecule has 0 fully saturated rings. The first-order valence-electron chi connectivity index (χ1n) is 9.05. The summed E-state index contributed by atoms with van der Waals surface area (Å²) in [5.41, 5.74) is 6.26. The van der Waals surface area contributed by atoms with E-state index in [9.17, 15) is 14.7 Å². The van der Waals surface area contributed by atoms with E-state index >= 15 is 0 Å². The maximum Gasteiger partial charge on any atom is 0.271 e. The van der Waals surface area contributed by atoms with Crippen molar-refractivity contribution >= 4 is 23.2 Å². The number of hydrogen-bond acceptors (Lipinski definition) is 4. The van der Waals surface area contributed by atoms with Gasteiger partial charge < -0.3 is 10.4 Å². The molecule has 0 saturated heterocycles. The van der Waals surface area contributed by atoms with E-state index < -0.39 is 0 Å². The highest BCUT2D eigenvalue weighted by molar-refractivity contribution is 6.05. The molecule has 29 heavy (non-hydrogen) atoms. The first-order valence-corrected chi connectivity index (χ1v) is 9.05. The van der Waals surface area contributed by atoms with Crippen LogP contribution in [0.3, 0.4) is 0 Å². The summed E-state index contributed by atoms with van der Waals surface area (Å²) in [5, 5.41) is 16.4. The van der Waals surface area contributed by atoms with Crippen LogP contribution in [0.4, 0.5) is 5.69 Å². The van der Waals surface area contributed by atoms with Crippen LogP contribution in [0.1, 0.15) is 38.8 Å². The van der Waals surface area contributed by atoms with Crippen LogP contribution in [0.15, 0.2) is 77.9 Å². The van der Waals surface area contributed by atoms with Crippen molar-refractivity contribution in [2.45, 2.75) is 13.8 Å². The zero-order valence-corrected chi connectivity index (χ0v) is 16.1. The first kappa shape index (κ1) is 19.8. The van der Waals surface area contributed by atoms with Gasteiger partial charge in [0.15, 0.2) is 0 Å². The topological polar surface area (TPSA) is 90.8 Å². The Morgan fingerprint density at radius 1 is 0.862 bits per heavy atom. The number of aryl methyl sites for hydroxylation is 1. The molecule has 3 aromatic rings. The minimum atomic E-state index is -0.374. The zero-order valence-electron chi connectivity index (χ0n) is 16.1. The molecule has 6 heteroatoms. The average Bonchev–Trinajstić information content (AvgIpc) is 2.72. The van der Waals surface area contributed by atoms with Gasteiger partial charge in [0.25, 0.3) is 11.8 Å². The van der Waals surface area contributed by atoms with Crippen LogP contribution < -0.4 is 10.7 Å². The van der Waals surface area contributed by atoms with Crippen molar-refractivity contribution in [1.29, 1.82) is 0 Å². The molecule has 0 atom stereocenters. The Kier molecular flexibility index (Phi) is 6.04. The SMILES string of the molecule is C/C(=N/NC(=O)c1ccc(NC(=O)c2ccccc2C)cc1)c1cccc(O)c1. The molecule has 3 aromatic carbocycles. The van der Waals surface area contributed by atoms with Gasteiger partial charge in [0.2, 0.25) is 0 Å². The molecule has 0 aliphatic rings. The molecular formula is C23H21N3O3. The molecule has 0 aliphatic carbocycles. The molecule has 3 rings (SSSR count). The summed E-state index contributed by atoms with van der Waals surface area (Å²) >= 11 is 0. The van der Waals surface area contributed by atoms with Crippen molar-refractivity contribution in [3.8, 4) is 5.75 Å². The molecule has 0 bridgehead atoms. The molecule has 0 aromatic heterocycles. The highest BCUT2D eigenvalue weighted by Crippen LogP contribution is 2.14. The van der Waals surface area contributed by atoms with Crippen molar-refractivity contribution in [2.75, 3.05) is 5.32 Å². The van der Waals surface area contributed by atoms with E-state index in [1.54, 1.807) is 61.5 Å². The maximum absolute atomic E-state index is 12.4. The third-order valence-electron chi connectivity index (χ3n) is 4.38. The van der Waals surface area contributed by atoms with Crippen LogP contribution in [0.25, 0.3) is 0 Å². The number of phenolic OH excluding ortho intramolecular Hbond substituents is 1. The van der Waals surface area contributed by atoms with E-state index in [1.165, 1.54) is 0 Å². The van der Waals surface area contributed by atoms with Gasteiger partial charge in [-0.2, -0.15) is 5.10 Å². The molecule has 0 spiro atoms. The second-order valence-electron chi connectivity index (χ2n) is 6.53. The number of amides is 2. The predicted octanol–water partition coefficient (Wildman–Crippen LogP) is 4.11. The molecule has 2 amide bonds. The fraction of sp³-hybridized carbons (Fsp3) is 0.0870. The molecule has 6 nitrogen and oxygen atoms in total. The van der Waals surface area contributed by atoms with Crippen molar-refractivity contribution < 1.29 is 14.7 Å². The summed E-state index contributed by atoms with van der Waals surface area (Å²) < 4.78 is 0. The van der Waals surface area contributed by atoms with Gasteiger partial charge in [-0.1, -0.05) is 30.3 Å². The number of benzene rings is 3. The van der Waals surface area contributed by atoms with E-state index in [4.69, 9.17) is 0 Å². The normalized spacial score (nSPS) is 11.0. The zero-order chi connectivity index (χ0) is 20.8. The maximum atomic E-state index is 12.4. The molecule has 0 saturated carbocycles. The Balaban J connectivity index is 1.63. The van der Waals surface area contributed by atoms with E-state index in [0.29, 0.717) is 28.1 Å².